The van der Waals surface area contributed by atoms with Crippen LogP contribution < -0.4 is 0 Å². The Balaban J connectivity index is 0.00000101. The first-order chi connectivity index (χ1) is 26.0. The van der Waals surface area contributed by atoms with E-state index in [4.69, 9.17) is 0 Å². The fourth-order valence-electron chi connectivity index (χ4n) is 6.87. The number of nitrogens with zero attached hydrogens (tertiary/aromatic N) is 2. The van der Waals surface area contributed by atoms with Gasteiger partial charge in [0.1, 0.15) is 0 Å². The van der Waals surface area contributed by atoms with Crippen LogP contribution in [0.15, 0.2) is 60.2 Å². The topological polar surface area (TPSA) is 25.3 Å². The molecule has 2 nitrogen and oxygen atoms in total. The molecule has 3 heteroatoms. The van der Waals surface area contributed by atoms with Gasteiger partial charge in [0, 0.05) is 22.8 Å². The molecular weight excluding hydrogens is 747 g/mol. The Kier molecular flexibility index (Phi) is 35.6. The van der Waals surface area contributed by atoms with Crippen molar-refractivity contribution >= 4 is 11.4 Å². The first kappa shape index (κ1) is 52.2. The van der Waals surface area contributed by atoms with Gasteiger partial charge in [0.05, 0.1) is 0 Å². The van der Waals surface area contributed by atoms with Gasteiger partial charge >= 0.3 is 20.4 Å². The van der Waals surface area contributed by atoms with Crippen LogP contribution in [0.1, 0.15) is 224 Å². The standard InChI is InChI=1S/C29H38N2.2C11H23.Pd/c1-4-7-10-12-24-14-18-25(19-15-24)28-22-27(13-9-6-3)29(31(28)30)26-20-16-23(17-21-26)11-8-5-2;2*1-3-5-7-9-11-10-8-6-4-2;/h14-22H,4-13H2,1-3H3;2*1,3-11H2,2H3;/q;2*-1;+2. The van der Waals surface area contributed by atoms with Gasteiger partial charge in [-0.15, -0.1) is 0 Å². The molecule has 0 N–H and O–H groups in total. The Hall–Kier alpha value is -1.82. The molecule has 1 aliphatic heterocycles. The molecule has 0 amide bonds. The fraction of sp³-hybridized carbons (Fsp3) is 0.647. The molecule has 0 fully saturated rings. The van der Waals surface area contributed by atoms with E-state index in [9.17, 15) is 5.53 Å². The third kappa shape index (κ3) is 24.0. The molecule has 1 heterocycles. The minimum atomic E-state index is 0. The van der Waals surface area contributed by atoms with Crippen molar-refractivity contribution < 1.29 is 25.1 Å². The van der Waals surface area contributed by atoms with E-state index in [-0.39, 0.29) is 20.4 Å². The predicted molar refractivity (Wildman–Crippen MR) is 238 cm³/mol. The van der Waals surface area contributed by atoms with Gasteiger partial charge in [-0.2, -0.15) is 12.8 Å². The van der Waals surface area contributed by atoms with Crippen LogP contribution in [0.3, 0.4) is 0 Å². The molecule has 0 radical (unpaired) electrons. The number of rotatable bonds is 28. The zero-order chi connectivity index (χ0) is 38.8. The summed E-state index contributed by atoms with van der Waals surface area (Å²) in [7, 11) is 0. The SMILES string of the molecule is CCCCCc1ccc(C2=CC(CCCC)=C(c3ccc(CCCC)cc3)[N+]2=[N-])cc1.[CH2-]CCCCCCCCCC.[CH2-]CCCCCCCCCC.[Pd+2]. The van der Waals surface area contributed by atoms with E-state index in [1.54, 1.807) is 0 Å². The zero-order valence-electron chi connectivity index (χ0n) is 36.1. The molecule has 0 unspecified atom stereocenters. The largest absolute Gasteiger partial charge is 2.00 e. The molecule has 0 spiro atoms. The molecule has 3 rings (SSSR count). The molecule has 0 atom stereocenters. The summed E-state index contributed by atoms with van der Waals surface area (Å²) in [6, 6.07) is 17.5. The smallest absolute Gasteiger partial charge is 0.493 e. The summed E-state index contributed by atoms with van der Waals surface area (Å²) in [5.41, 5.74) is 19.2. The van der Waals surface area contributed by atoms with Crippen molar-refractivity contribution in [2.45, 2.75) is 214 Å². The first-order valence-electron chi connectivity index (χ1n) is 22.7. The third-order valence-corrected chi connectivity index (χ3v) is 10.4. The summed E-state index contributed by atoms with van der Waals surface area (Å²) in [6.07, 6.45) is 38.7. The van der Waals surface area contributed by atoms with Crippen molar-refractivity contribution in [1.82, 2.24) is 0 Å². The van der Waals surface area contributed by atoms with Gasteiger partial charge < -0.3 is 19.4 Å². The second kappa shape index (κ2) is 36.8. The summed E-state index contributed by atoms with van der Waals surface area (Å²) in [5, 5.41) is 0. The maximum absolute atomic E-state index is 11.2. The maximum atomic E-state index is 11.2. The van der Waals surface area contributed by atoms with Crippen LogP contribution in [0, 0.1) is 13.8 Å². The number of hydrogen-bond donors (Lipinski definition) is 0. The summed E-state index contributed by atoms with van der Waals surface area (Å²) in [4.78, 5) is 0. The van der Waals surface area contributed by atoms with Crippen molar-refractivity contribution in [2.24, 2.45) is 0 Å². The third-order valence-electron chi connectivity index (χ3n) is 10.4. The second-order valence-corrected chi connectivity index (χ2v) is 15.4. The summed E-state index contributed by atoms with van der Waals surface area (Å²) < 4.78 is 1.41. The molecule has 1 aliphatic rings. The molecule has 0 aliphatic carbocycles. The van der Waals surface area contributed by atoms with Crippen molar-refractivity contribution in [1.29, 1.82) is 0 Å². The Bertz CT molecular complexity index is 1170. The van der Waals surface area contributed by atoms with E-state index in [1.807, 2.05) is 0 Å². The van der Waals surface area contributed by atoms with Crippen LogP contribution in [-0.4, -0.2) is 4.70 Å². The molecule has 0 saturated carbocycles. The zero-order valence-corrected chi connectivity index (χ0v) is 37.7. The molecule has 0 bridgehead atoms. The predicted octanol–water partition coefficient (Wildman–Crippen LogP) is 17.5. The summed E-state index contributed by atoms with van der Waals surface area (Å²) in [6.45, 7) is 18.9. The Morgan fingerprint density at radius 3 is 1.20 bits per heavy atom. The van der Waals surface area contributed by atoms with Crippen LogP contribution in [0.25, 0.3) is 16.9 Å². The minimum absolute atomic E-state index is 0. The van der Waals surface area contributed by atoms with E-state index < -0.39 is 0 Å². The van der Waals surface area contributed by atoms with Crippen LogP contribution in [0.4, 0.5) is 0 Å². The quantitative estimate of drug-likeness (QED) is 0.0353. The summed E-state index contributed by atoms with van der Waals surface area (Å²) in [5.74, 6) is 0. The average Bonchev–Trinajstić information content (AvgIpc) is 3.52. The number of unbranched alkanes of at least 4 members (excludes halogenated alkanes) is 20. The van der Waals surface area contributed by atoms with Gasteiger partial charge in [-0.3, -0.25) is 0 Å². The molecule has 54 heavy (non-hydrogen) atoms. The number of benzene rings is 2. The molecule has 308 valence electrons. The molecule has 0 saturated heterocycles. The Morgan fingerprint density at radius 2 is 0.778 bits per heavy atom. The molecule has 0 aromatic heterocycles. The van der Waals surface area contributed by atoms with Crippen LogP contribution in [0.2, 0.25) is 0 Å². The van der Waals surface area contributed by atoms with E-state index in [0.717, 1.165) is 67.5 Å². The average molecular weight is 832 g/mol. The van der Waals surface area contributed by atoms with Crippen LogP contribution in [-0.2, 0) is 33.3 Å². The maximum Gasteiger partial charge on any atom is 2.00 e. The van der Waals surface area contributed by atoms with Gasteiger partial charge in [0.25, 0.3) is 0 Å². The van der Waals surface area contributed by atoms with Crippen LogP contribution >= 0.6 is 0 Å². The van der Waals surface area contributed by atoms with Crippen molar-refractivity contribution in [3.05, 3.63) is 102 Å². The number of aryl methyl sites for hydroxylation is 2. The molecular formula is C51H84N2Pd. The van der Waals surface area contributed by atoms with Crippen molar-refractivity contribution in [3.63, 3.8) is 0 Å². The van der Waals surface area contributed by atoms with Gasteiger partial charge in [0.2, 0.25) is 11.4 Å². The Labute approximate surface area is 351 Å². The monoisotopic (exact) mass is 831 g/mol. The van der Waals surface area contributed by atoms with Gasteiger partial charge in [-0.25, -0.2) is 4.70 Å². The van der Waals surface area contributed by atoms with E-state index in [0.29, 0.717) is 0 Å². The van der Waals surface area contributed by atoms with Gasteiger partial charge in [0.15, 0.2) is 0 Å². The normalized spacial score (nSPS) is 12.1. The molecule has 2 aromatic rings. The molecule has 2 aromatic carbocycles. The fourth-order valence-corrected chi connectivity index (χ4v) is 6.87. The number of hydrogen-bond acceptors (Lipinski definition) is 0. The van der Waals surface area contributed by atoms with E-state index >= 15 is 0 Å². The van der Waals surface area contributed by atoms with Crippen molar-refractivity contribution in [2.75, 3.05) is 0 Å². The van der Waals surface area contributed by atoms with Crippen LogP contribution in [0.5, 0.6) is 0 Å². The summed E-state index contributed by atoms with van der Waals surface area (Å²) >= 11 is 0. The first-order valence-corrected chi connectivity index (χ1v) is 22.7. The minimum Gasteiger partial charge on any atom is -0.493 e. The van der Waals surface area contributed by atoms with Gasteiger partial charge in [-0.1, -0.05) is 187 Å². The van der Waals surface area contributed by atoms with E-state index in [2.05, 4.69) is 103 Å². The van der Waals surface area contributed by atoms with E-state index in [1.165, 1.54) is 156 Å². The van der Waals surface area contributed by atoms with Gasteiger partial charge in [-0.05, 0) is 73.9 Å². The number of allylic oxidation sites excluding steroid dienone is 2. The van der Waals surface area contributed by atoms with Crippen molar-refractivity contribution in [3.8, 4) is 0 Å². The second-order valence-electron chi connectivity index (χ2n) is 15.4. The Morgan fingerprint density at radius 1 is 0.426 bits per heavy atom.